The molecule has 2 heterocycles. The first-order valence-electron chi connectivity index (χ1n) is 9.86. The predicted octanol–water partition coefficient (Wildman–Crippen LogP) is 4.36. The Hall–Kier alpha value is -2.14. The predicted molar refractivity (Wildman–Crippen MR) is 115 cm³/mol. The Morgan fingerprint density at radius 1 is 1.18 bits per heavy atom. The first-order valence-corrected chi connectivity index (χ1v) is 10.7. The van der Waals surface area contributed by atoms with Gasteiger partial charge in [0.25, 0.3) is 0 Å². The van der Waals surface area contributed by atoms with E-state index in [0.29, 0.717) is 32.4 Å². The fraction of sp³-hybridized carbons (Fsp3) is 0.478. The molecule has 1 atom stereocenters. The van der Waals surface area contributed by atoms with Crippen LogP contribution in [0.4, 0.5) is 0 Å². The van der Waals surface area contributed by atoms with E-state index in [-0.39, 0.29) is 17.2 Å². The number of hydrogen-bond acceptors (Lipinski definition) is 3. The summed E-state index contributed by atoms with van der Waals surface area (Å²) in [5.74, 6) is 0.171. The van der Waals surface area contributed by atoms with Gasteiger partial charge in [0.15, 0.2) is 0 Å². The number of benzene rings is 1. The van der Waals surface area contributed by atoms with E-state index in [0.717, 1.165) is 0 Å². The summed E-state index contributed by atoms with van der Waals surface area (Å²) in [6, 6.07) is 12.5. The molecule has 4 nitrogen and oxygen atoms in total. The van der Waals surface area contributed by atoms with E-state index in [4.69, 9.17) is 0 Å². The zero-order valence-corrected chi connectivity index (χ0v) is 18.1. The molecule has 1 fully saturated rings. The van der Waals surface area contributed by atoms with Crippen LogP contribution in [-0.4, -0.2) is 36.9 Å². The van der Waals surface area contributed by atoms with Crippen molar-refractivity contribution in [3.8, 4) is 10.4 Å². The Morgan fingerprint density at radius 2 is 1.93 bits per heavy atom. The normalized spacial score (nSPS) is 19.6. The molecular weight excluding hydrogens is 368 g/mol. The third kappa shape index (κ3) is 4.46. The fourth-order valence-corrected chi connectivity index (χ4v) is 4.82. The van der Waals surface area contributed by atoms with Crippen molar-refractivity contribution in [2.24, 2.45) is 10.8 Å². The Labute approximate surface area is 172 Å². The van der Waals surface area contributed by atoms with Crippen LogP contribution in [0.25, 0.3) is 10.4 Å². The first kappa shape index (κ1) is 20.6. The molecule has 1 saturated heterocycles. The van der Waals surface area contributed by atoms with Crippen molar-refractivity contribution in [3.63, 3.8) is 0 Å². The summed E-state index contributed by atoms with van der Waals surface area (Å²) >= 11 is 1.71. The van der Waals surface area contributed by atoms with Crippen molar-refractivity contribution in [2.45, 2.75) is 40.0 Å². The van der Waals surface area contributed by atoms with Gasteiger partial charge in [0, 0.05) is 31.4 Å². The highest BCUT2D eigenvalue weighted by molar-refractivity contribution is 7.13. The Kier molecular flexibility index (Phi) is 5.94. The van der Waals surface area contributed by atoms with Gasteiger partial charge in [0.2, 0.25) is 11.8 Å². The highest BCUT2D eigenvalue weighted by Crippen LogP contribution is 2.39. The molecule has 0 radical (unpaired) electrons. The maximum atomic E-state index is 12.9. The van der Waals surface area contributed by atoms with Crippen molar-refractivity contribution >= 4 is 23.2 Å². The Morgan fingerprint density at radius 3 is 2.57 bits per heavy atom. The van der Waals surface area contributed by atoms with Crippen molar-refractivity contribution < 1.29 is 9.59 Å². The molecule has 2 amide bonds. The number of nitrogens with zero attached hydrogens (tertiary/aromatic N) is 1. The molecule has 28 heavy (non-hydrogen) atoms. The smallest absolute Gasteiger partial charge is 0.228 e. The number of rotatable bonds is 5. The molecule has 1 aliphatic rings. The topological polar surface area (TPSA) is 49.4 Å². The Balaban J connectivity index is 1.87. The average Bonchev–Trinajstić information content (AvgIpc) is 3.31. The summed E-state index contributed by atoms with van der Waals surface area (Å²) < 4.78 is 0. The molecule has 1 aromatic carbocycles. The van der Waals surface area contributed by atoms with Gasteiger partial charge < -0.3 is 10.2 Å². The maximum Gasteiger partial charge on any atom is 0.228 e. The van der Waals surface area contributed by atoms with E-state index < -0.39 is 5.41 Å². The van der Waals surface area contributed by atoms with Crippen molar-refractivity contribution in [1.29, 1.82) is 0 Å². The lowest BCUT2D eigenvalue weighted by molar-refractivity contribution is -0.134. The van der Waals surface area contributed by atoms with Gasteiger partial charge in [-0.15, -0.1) is 11.3 Å². The summed E-state index contributed by atoms with van der Waals surface area (Å²) in [6.07, 6.45) is 1.84. The van der Waals surface area contributed by atoms with E-state index in [9.17, 15) is 9.59 Å². The van der Waals surface area contributed by atoms with Crippen LogP contribution in [0.1, 0.15) is 39.2 Å². The molecule has 0 aliphatic carbocycles. The van der Waals surface area contributed by atoms with Crippen LogP contribution in [0, 0.1) is 10.8 Å². The van der Waals surface area contributed by atoms with Crippen molar-refractivity contribution in [3.05, 3.63) is 47.3 Å². The summed E-state index contributed by atoms with van der Waals surface area (Å²) in [4.78, 5) is 28.8. The number of carbonyl (C=O) groups is 2. The third-order valence-corrected chi connectivity index (χ3v) is 6.33. The van der Waals surface area contributed by atoms with Crippen LogP contribution < -0.4 is 5.32 Å². The highest BCUT2D eigenvalue weighted by Gasteiger charge is 2.46. The zero-order valence-electron chi connectivity index (χ0n) is 17.2. The van der Waals surface area contributed by atoms with Gasteiger partial charge in [-0.1, -0.05) is 51.1 Å². The molecule has 5 heteroatoms. The van der Waals surface area contributed by atoms with E-state index >= 15 is 0 Å². The lowest BCUT2D eigenvalue weighted by Crippen LogP contribution is -2.44. The largest absolute Gasteiger partial charge is 0.359 e. The number of amides is 2. The van der Waals surface area contributed by atoms with Crippen LogP contribution >= 0.6 is 11.3 Å². The van der Waals surface area contributed by atoms with Gasteiger partial charge in [-0.25, -0.2) is 0 Å². The molecule has 1 N–H and O–H groups in total. The van der Waals surface area contributed by atoms with Gasteiger partial charge in [-0.3, -0.25) is 9.59 Å². The second-order valence-electron chi connectivity index (χ2n) is 8.97. The minimum atomic E-state index is -0.574. The number of hydrogen-bond donors (Lipinski definition) is 1. The monoisotopic (exact) mass is 398 g/mol. The van der Waals surface area contributed by atoms with Crippen LogP contribution in [-0.2, 0) is 16.0 Å². The first-order chi connectivity index (χ1) is 13.2. The maximum absolute atomic E-state index is 12.9. The number of likely N-dealkylation sites (tertiary alicyclic amines) is 1. The quantitative estimate of drug-likeness (QED) is 0.814. The SMILES string of the molecule is CNC(=O)[C@]1(Cc2ccccc2-c2cccs2)CCN(C(=O)CC(C)(C)C)C1. The molecule has 0 spiro atoms. The molecule has 0 bridgehead atoms. The standard InChI is InChI=1S/C23H30N2O2S/c1-22(2,3)15-20(26)25-12-11-23(16-25,21(27)24-4)14-17-8-5-6-9-18(17)19-10-7-13-28-19/h5-10,13H,11-12,14-16H2,1-4H3,(H,24,27)/t23-/m0/s1. The summed E-state index contributed by atoms with van der Waals surface area (Å²) in [6.45, 7) is 7.35. The molecule has 1 aromatic heterocycles. The van der Waals surface area contributed by atoms with Gasteiger partial charge in [-0.2, -0.15) is 0 Å². The molecule has 2 aromatic rings. The second kappa shape index (κ2) is 8.08. The second-order valence-corrected chi connectivity index (χ2v) is 9.92. The van der Waals surface area contributed by atoms with E-state index in [1.807, 2.05) is 23.1 Å². The fourth-order valence-electron chi connectivity index (χ4n) is 4.04. The van der Waals surface area contributed by atoms with Gasteiger partial charge >= 0.3 is 0 Å². The molecule has 150 valence electrons. The van der Waals surface area contributed by atoms with E-state index in [1.54, 1.807) is 18.4 Å². The highest BCUT2D eigenvalue weighted by atomic mass is 32.1. The molecule has 0 unspecified atom stereocenters. The van der Waals surface area contributed by atoms with Crippen LogP contribution in [0.2, 0.25) is 0 Å². The summed E-state index contributed by atoms with van der Waals surface area (Å²) in [5.41, 5.74) is 1.72. The van der Waals surface area contributed by atoms with Crippen LogP contribution in [0.3, 0.4) is 0 Å². The lowest BCUT2D eigenvalue weighted by atomic mass is 9.78. The molecular formula is C23H30N2O2S. The molecule has 3 rings (SSSR count). The van der Waals surface area contributed by atoms with Gasteiger partial charge in [0.1, 0.15) is 0 Å². The van der Waals surface area contributed by atoms with Crippen LogP contribution in [0.15, 0.2) is 41.8 Å². The lowest BCUT2D eigenvalue weighted by Gasteiger charge is -2.29. The number of thiophene rings is 1. The minimum absolute atomic E-state index is 0.0274. The van der Waals surface area contributed by atoms with Gasteiger partial charge in [0.05, 0.1) is 5.41 Å². The van der Waals surface area contributed by atoms with E-state index in [2.05, 4.69) is 49.7 Å². The number of carbonyl (C=O) groups excluding carboxylic acids is 2. The van der Waals surface area contributed by atoms with E-state index in [1.165, 1.54) is 16.0 Å². The molecule has 0 saturated carbocycles. The van der Waals surface area contributed by atoms with Crippen LogP contribution in [0.5, 0.6) is 0 Å². The average molecular weight is 399 g/mol. The van der Waals surface area contributed by atoms with Crippen molar-refractivity contribution in [1.82, 2.24) is 10.2 Å². The van der Waals surface area contributed by atoms with Gasteiger partial charge in [-0.05, 0) is 40.8 Å². The Bertz CT molecular complexity index is 839. The summed E-state index contributed by atoms with van der Waals surface area (Å²) in [7, 11) is 1.69. The van der Waals surface area contributed by atoms with Crippen molar-refractivity contribution in [2.75, 3.05) is 20.1 Å². The molecule has 1 aliphatic heterocycles. The summed E-state index contributed by atoms with van der Waals surface area (Å²) in [5, 5.41) is 4.93. The minimum Gasteiger partial charge on any atom is -0.359 e. The number of nitrogens with one attached hydrogen (secondary N) is 1. The zero-order chi connectivity index (χ0) is 20.4. The third-order valence-electron chi connectivity index (χ3n) is 5.43.